The highest BCUT2D eigenvalue weighted by Crippen LogP contribution is 2.34. The summed E-state index contributed by atoms with van der Waals surface area (Å²) >= 11 is 13.3. The number of nitrogens with zero attached hydrogens (tertiary/aromatic N) is 1. The van der Waals surface area contributed by atoms with Crippen LogP contribution in [-0.4, -0.2) is 17.7 Å². The van der Waals surface area contributed by atoms with Crippen molar-refractivity contribution in [1.29, 1.82) is 0 Å². The van der Waals surface area contributed by atoms with E-state index in [1.54, 1.807) is 24.3 Å². The number of carbonyl (C=O) groups is 1. The van der Waals surface area contributed by atoms with Crippen molar-refractivity contribution < 1.29 is 13.9 Å². The van der Waals surface area contributed by atoms with Crippen LogP contribution < -0.4 is 10.1 Å². The lowest BCUT2D eigenvalue weighted by Crippen LogP contribution is -2.19. The molecule has 0 aliphatic carbocycles. The molecule has 5 nitrogen and oxygen atoms in total. The van der Waals surface area contributed by atoms with E-state index < -0.39 is 0 Å². The number of hydrogen-bond donors (Lipinski definition) is 1. The maximum absolute atomic E-state index is 12.4. The van der Waals surface area contributed by atoms with Gasteiger partial charge < -0.3 is 14.5 Å². The van der Waals surface area contributed by atoms with Crippen LogP contribution in [0.3, 0.4) is 0 Å². The van der Waals surface area contributed by atoms with E-state index in [4.69, 9.17) is 32.4 Å². The number of amides is 1. The standard InChI is InChI=1S/C22H16Cl2N2O3S/c1-2-28-19-6-4-3-5-17(19)25-22-26-21(27)20(30-22)12-14-8-10-18(29-14)13-7-9-15(23)16(24)11-13/h3-12H,2H2,1H3,(H,25,26,27)/b20-12+. The first-order valence-electron chi connectivity index (χ1n) is 9.10. The lowest BCUT2D eigenvalue weighted by atomic mass is 10.2. The summed E-state index contributed by atoms with van der Waals surface area (Å²) in [5, 5.41) is 4.18. The maximum atomic E-state index is 12.4. The minimum atomic E-state index is -0.236. The van der Waals surface area contributed by atoms with Crippen molar-refractivity contribution >= 4 is 57.8 Å². The Hall–Kier alpha value is -2.67. The van der Waals surface area contributed by atoms with Crippen LogP contribution in [0.2, 0.25) is 10.0 Å². The van der Waals surface area contributed by atoms with Crippen LogP contribution in [0.25, 0.3) is 17.4 Å². The molecule has 1 aromatic heterocycles. The third kappa shape index (κ3) is 4.56. The number of ether oxygens (including phenoxy) is 1. The van der Waals surface area contributed by atoms with Crippen LogP contribution >= 0.6 is 35.0 Å². The molecule has 0 spiro atoms. The van der Waals surface area contributed by atoms with Gasteiger partial charge >= 0.3 is 0 Å². The van der Waals surface area contributed by atoms with Gasteiger partial charge in [-0.05, 0) is 61.2 Å². The third-order valence-electron chi connectivity index (χ3n) is 4.14. The Kier molecular flexibility index (Phi) is 6.18. The zero-order valence-electron chi connectivity index (χ0n) is 15.8. The van der Waals surface area contributed by atoms with Crippen LogP contribution in [0.4, 0.5) is 5.69 Å². The molecule has 4 rings (SSSR count). The number of thioether (sulfide) groups is 1. The number of para-hydroxylation sites is 2. The Morgan fingerprint density at radius 2 is 1.97 bits per heavy atom. The first kappa shape index (κ1) is 20.6. The quantitative estimate of drug-likeness (QED) is 0.440. The summed E-state index contributed by atoms with van der Waals surface area (Å²) in [7, 11) is 0. The first-order chi connectivity index (χ1) is 14.5. The molecule has 2 aromatic carbocycles. The number of amidine groups is 1. The zero-order chi connectivity index (χ0) is 21.1. The summed E-state index contributed by atoms with van der Waals surface area (Å²) in [5.41, 5.74) is 1.45. The highest BCUT2D eigenvalue weighted by atomic mass is 35.5. The zero-order valence-corrected chi connectivity index (χ0v) is 18.1. The number of nitrogens with one attached hydrogen (secondary N) is 1. The second kappa shape index (κ2) is 9.00. The normalized spacial score (nSPS) is 16.3. The molecule has 1 fully saturated rings. The molecule has 1 aliphatic heterocycles. The van der Waals surface area contributed by atoms with Crippen molar-refractivity contribution in [2.45, 2.75) is 6.92 Å². The molecule has 1 saturated heterocycles. The Bertz CT molecular complexity index is 1170. The number of benzene rings is 2. The van der Waals surface area contributed by atoms with E-state index in [-0.39, 0.29) is 5.91 Å². The number of rotatable bonds is 5. The molecular weight excluding hydrogens is 443 g/mol. The van der Waals surface area contributed by atoms with E-state index in [2.05, 4.69) is 10.3 Å². The SMILES string of the molecule is CCOc1ccccc1N=C1NC(=O)/C(=C\c2ccc(-c3ccc(Cl)c(Cl)c3)o2)S1. The van der Waals surface area contributed by atoms with Crippen LogP contribution in [0.1, 0.15) is 12.7 Å². The molecule has 152 valence electrons. The molecule has 0 unspecified atom stereocenters. The summed E-state index contributed by atoms with van der Waals surface area (Å²) in [4.78, 5) is 17.4. The number of furan rings is 1. The molecule has 0 bridgehead atoms. The van der Waals surface area contributed by atoms with Gasteiger partial charge in [-0.25, -0.2) is 4.99 Å². The van der Waals surface area contributed by atoms with Gasteiger partial charge in [-0.15, -0.1) is 0 Å². The smallest absolute Gasteiger partial charge is 0.264 e. The highest BCUT2D eigenvalue weighted by Gasteiger charge is 2.24. The highest BCUT2D eigenvalue weighted by molar-refractivity contribution is 8.18. The van der Waals surface area contributed by atoms with Gasteiger partial charge in [-0.2, -0.15) is 0 Å². The maximum Gasteiger partial charge on any atom is 0.264 e. The van der Waals surface area contributed by atoms with E-state index >= 15 is 0 Å². The van der Waals surface area contributed by atoms with Crippen molar-refractivity contribution in [3.8, 4) is 17.1 Å². The molecule has 0 atom stereocenters. The van der Waals surface area contributed by atoms with E-state index in [1.807, 2.05) is 43.3 Å². The Balaban J connectivity index is 1.55. The van der Waals surface area contributed by atoms with Crippen LogP contribution in [-0.2, 0) is 4.79 Å². The lowest BCUT2D eigenvalue weighted by molar-refractivity contribution is -0.115. The van der Waals surface area contributed by atoms with Crippen molar-refractivity contribution in [2.24, 2.45) is 4.99 Å². The average molecular weight is 459 g/mol. The van der Waals surface area contributed by atoms with Gasteiger partial charge in [-0.3, -0.25) is 4.79 Å². The van der Waals surface area contributed by atoms with Crippen molar-refractivity contribution in [1.82, 2.24) is 5.32 Å². The van der Waals surface area contributed by atoms with E-state index in [9.17, 15) is 4.79 Å². The van der Waals surface area contributed by atoms with Gasteiger partial charge in [0.2, 0.25) is 0 Å². The summed E-state index contributed by atoms with van der Waals surface area (Å²) in [6.07, 6.45) is 1.68. The van der Waals surface area contributed by atoms with Crippen molar-refractivity contribution in [3.63, 3.8) is 0 Å². The third-order valence-corrected chi connectivity index (χ3v) is 5.79. The van der Waals surface area contributed by atoms with Gasteiger partial charge in [0.05, 0.1) is 21.6 Å². The van der Waals surface area contributed by atoms with E-state index in [1.165, 1.54) is 11.8 Å². The van der Waals surface area contributed by atoms with Crippen molar-refractivity contribution in [2.75, 3.05) is 6.61 Å². The Morgan fingerprint density at radius 1 is 1.13 bits per heavy atom. The molecule has 0 radical (unpaired) electrons. The minimum Gasteiger partial charge on any atom is -0.492 e. The average Bonchev–Trinajstić information content (AvgIpc) is 3.33. The fourth-order valence-corrected chi connectivity index (χ4v) is 3.89. The fraction of sp³-hybridized carbons (Fsp3) is 0.0909. The predicted molar refractivity (Wildman–Crippen MR) is 123 cm³/mol. The number of carbonyl (C=O) groups excluding carboxylic acids is 1. The number of halogens is 2. The lowest BCUT2D eigenvalue weighted by Gasteiger charge is -2.06. The molecule has 30 heavy (non-hydrogen) atoms. The summed E-state index contributed by atoms with van der Waals surface area (Å²) in [5.74, 6) is 1.60. The molecule has 0 saturated carbocycles. The first-order valence-corrected chi connectivity index (χ1v) is 10.7. The molecule has 8 heteroatoms. The number of hydrogen-bond acceptors (Lipinski definition) is 5. The van der Waals surface area contributed by atoms with Gasteiger partial charge in [0, 0.05) is 11.6 Å². The topological polar surface area (TPSA) is 63.8 Å². The Labute approximate surface area is 187 Å². The molecule has 1 amide bonds. The largest absolute Gasteiger partial charge is 0.492 e. The van der Waals surface area contributed by atoms with Crippen LogP contribution in [0, 0.1) is 0 Å². The summed E-state index contributed by atoms with van der Waals surface area (Å²) in [6.45, 7) is 2.44. The monoisotopic (exact) mass is 458 g/mol. The molecule has 2 heterocycles. The molecular formula is C22H16Cl2N2O3S. The van der Waals surface area contributed by atoms with E-state index in [0.29, 0.717) is 49.7 Å². The van der Waals surface area contributed by atoms with Crippen LogP contribution in [0.5, 0.6) is 5.75 Å². The van der Waals surface area contributed by atoms with Crippen LogP contribution in [0.15, 0.2) is 68.9 Å². The van der Waals surface area contributed by atoms with Crippen molar-refractivity contribution in [3.05, 3.63) is 75.3 Å². The molecule has 1 aliphatic rings. The summed E-state index contributed by atoms with van der Waals surface area (Å²) in [6, 6.07) is 16.3. The van der Waals surface area contributed by atoms with Gasteiger partial charge in [0.15, 0.2) is 5.17 Å². The summed E-state index contributed by atoms with van der Waals surface area (Å²) < 4.78 is 11.4. The second-order valence-corrected chi connectivity index (χ2v) is 8.06. The van der Waals surface area contributed by atoms with Gasteiger partial charge in [0.25, 0.3) is 5.91 Å². The number of aliphatic imine (C=N–C) groups is 1. The van der Waals surface area contributed by atoms with Gasteiger partial charge in [-0.1, -0.05) is 35.3 Å². The minimum absolute atomic E-state index is 0.236. The Morgan fingerprint density at radius 3 is 2.77 bits per heavy atom. The van der Waals surface area contributed by atoms with E-state index in [0.717, 1.165) is 5.56 Å². The second-order valence-electron chi connectivity index (χ2n) is 6.21. The predicted octanol–water partition coefficient (Wildman–Crippen LogP) is 6.54. The van der Waals surface area contributed by atoms with Gasteiger partial charge in [0.1, 0.15) is 23.0 Å². The molecule has 3 aromatic rings. The molecule has 1 N–H and O–H groups in total. The fourth-order valence-electron chi connectivity index (χ4n) is 2.78.